The van der Waals surface area contributed by atoms with Crippen molar-refractivity contribution in [3.63, 3.8) is 0 Å². The summed E-state index contributed by atoms with van der Waals surface area (Å²) in [6.07, 6.45) is 0. The van der Waals surface area contributed by atoms with Crippen LogP contribution in [0, 0.1) is 12.7 Å². The SMILES string of the molecule is Cc1nc2cc(CNC(=O)C(c3cccc(F)c3)N(C)C)ccc2n1C. The monoisotopic (exact) mass is 354 g/mol. The highest BCUT2D eigenvalue weighted by Crippen LogP contribution is 2.20. The zero-order valence-corrected chi connectivity index (χ0v) is 15.5. The van der Waals surface area contributed by atoms with Gasteiger partial charge in [0.1, 0.15) is 17.7 Å². The molecule has 0 fully saturated rings. The van der Waals surface area contributed by atoms with E-state index in [0.29, 0.717) is 12.1 Å². The maximum absolute atomic E-state index is 13.5. The number of hydrogen-bond donors (Lipinski definition) is 1. The van der Waals surface area contributed by atoms with E-state index in [9.17, 15) is 9.18 Å². The Hall–Kier alpha value is -2.73. The summed E-state index contributed by atoms with van der Waals surface area (Å²) < 4.78 is 15.6. The second-order valence-corrected chi connectivity index (χ2v) is 6.68. The van der Waals surface area contributed by atoms with Gasteiger partial charge in [-0.15, -0.1) is 0 Å². The molecule has 0 spiro atoms. The Labute approximate surface area is 152 Å². The summed E-state index contributed by atoms with van der Waals surface area (Å²) in [6, 6.07) is 11.6. The van der Waals surface area contributed by atoms with Gasteiger partial charge in [0, 0.05) is 13.6 Å². The van der Waals surface area contributed by atoms with Crippen LogP contribution in [0.4, 0.5) is 4.39 Å². The number of nitrogens with one attached hydrogen (secondary N) is 1. The van der Waals surface area contributed by atoms with E-state index in [1.54, 1.807) is 31.1 Å². The van der Waals surface area contributed by atoms with Crippen LogP contribution >= 0.6 is 0 Å². The third-order valence-corrected chi connectivity index (χ3v) is 4.56. The molecule has 136 valence electrons. The van der Waals surface area contributed by atoms with Gasteiger partial charge in [-0.2, -0.15) is 0 Å². The number of aryl methyl sites for hydroxylation is 2. The van der Waals surface area contributed by atoms with E-state index in [1.807, 2.05) is 36.7 Å². The molecule has 1 unspecified atom stereocenters. The molecule has 6 heteroatoms. The van der Waals surface area contributed by atoms with Crippen molar-refractivity contribution in [2.75, 3.05) is 14.1 Å². The second kappa shape index (κ2) is 7.25. The summed E-state index contributed by atoms with van der Waals surface area (Å²) in [5.41, 5.74) is 3.57. The number of aromatic nitrogens is 2. The Balaban J connectivity index is 1.76. The number of rotatable bonds is 5. The molecule has 3 aromatic rings. The van der Waals surface area contributed by atoms with Crippen LogP contribution in [0.2, 0.25) is 0 Å². The van der Waals surface area contributed by atoms with Crippen molar-refractivity contribution >= 4 is 16.9 Å². The van der Waals surface area contributed by atoms with Gasteiger partial charge >= 0.3 is 0 Å². The molecule has 1 atom stereocenters. The Bertz CT molecular complexity index is 948. The van der Waals surface area contributed by atoms with Gasteiger partial charge in [-0.1, -0.05) is 18.2 Å². The van der Waals surface area contributed by atoms with Crippen LogP contribution < -0.4 is 5.32 Å². The number of imidazole rings is 1. The van der Waals surface area contributed by atoms with E-state index >= 15 is 0 Å². The number of carbonyl (C=O) groups excluding carboxylic acids is 1. The zero-order valence-electron chi connectivity index (χ0n) is 15.5. The number of hydrogen-bond acceptors (Lipinski definition) is 3. The predicted molar refractivity (Wildman–Crippen MR) is 100 cm³/mol. The summed E-state index contributed by atoms with van der Waals surface area (Å²) in [7, 11) is 5.59. The van der Waals surface area contributed by atoms with Gasteiger partial charge in [-0.05, 0) is 56.4 Å². The van der Waals surface area contributed by atoms with Crippen LogP contribution in [0.1, 0.15) is 23.0 Å². The molecule has 26 heavy (non-hydrogen) atoms. The van der Waals surface area contributed by atoms with Crippen LogP contribution in [0.25, 0.3) is 11.0 Å². The minimum atomic E-state index is -0.550. The van der Waals surface area contributed by atoms with Crippen molar-refractivity contribution in [1.82, 2.24) is 19.8 Å². The molecule has 1 N–H and O–H groups in total. The number of amides is 1. The standard InChI is InChI=1S/C20H23FN4O/c1-13-23-17-10-14(8-9-18(17)25(13)4)12-22-20(26)19(24(2)3)15-6-5-7-16(21)11-15/h5-11,19H,12H2,1-4H3,(H,22,26). The first-order chi connectivity index (χ1) is 12.4. The van der Waals surface area contributed by atoms with Crippen LogP contribution in [0.3, 0.4) is 0 Å². The maximum Gasteiger partial charge on any atom is 0.242 e. The minimum Gasteiger partial charge on any atom is -0.350 e. The summed E-state index contributed by atoms with van der Waals surface area (Å²) in [5.74, 6) is 0.427. The summed E-state index contributed by atoms with van der Waals surface area (Å²) in [4.78, 5) is 19.0. The number of fused-ring (bicyclic) bond motifs is 1. The van der Waals surface area contributed by atoms with Crippen LogP contribution in [0.5, 0.6) is 0 Å². The molecule has 0 aliphatic rings. The van der Waals surface area contributed by atoms with Gasteiger partial charge in [0.2, 0.25) is 5.91 Å². The second-order valence-electron chi connectivity index (χ2n) is 6.68. The first-order valence-electron chi connectivity index (χ1n) is 8.48. The van der Waals surface area contributed by atoms with Crippen molar-refractivity contribution in [2.45, 2.75) is 19.5 Å². The van der Waals surface area contributed by atoms with E-state index in [2.05, 4.69) is 10.3 Å². The van der Waals surface area contributed by atoms with E-state index in [1.165, 1.54) is 12.1 Å². The molecular formula is C20H23FN4O. The lowest BCUT2D eigenvalue weighted by Gasteiger charge is -2.24. The number of likely N-dealkylation sites (N-methyl/N-ethyl adjacent to an activating group) is 1. The topological polar surface area (TPSA) is 50.2 Å². The van der Waals surface area contributed by atoms with Gasteiger partial charge in [0.05, 0.1) is 11.0 Å². The Morgan fingerprint density at radius 3 is 2.73 bits per heavy atom. The smallest absolute Gasteiger partial charge is 0.242 e. The summed E-state index contributed by atoms with van der Waals surface area (Å²) in [5, 5.41) is 2.95. The first kappa shape index (κ1) is 18.1. The van der Waals surface area contributed by atoms with Crippen molar-refractivity contribution in [2.24, 2.45) is 7.05 Å². The average molecular weight is 354 g/mol. The average Bonchev–Trinajstić information content (AvgIpc) is 2.87. The quantitative estimate of drug-likeness (QED) is 0.766. The van der Waals surface area contributed by atoms with Gasteiger partial charge in [0.25, 0.3) is 0 Å². The molecule has 2 aromatic carbocycles. The van der Waals surface area contributed by atoms with Crippen molar-refractivity contribution in [3.05, 3.63) is 65.2 Å². The first-order valence-corrected chi connectivity index (χ1v) is 8.48. The highest BCUT2D eigenvalue weighted by molar-refractivity contribution is 5.83. The van der Waals surface area contributed by atoms with Crippen LogP contribution in [0.15, 0.2) is 42.5 Å². The van der Waals surface area contributed by atoms with E-state index in [4.69, 9.17) is 0 Å². The molecule has 0 aliphatic carbocycles. The fourth-order valence-electron chi connectivity index (χ4n) is 3.12. The lowest BCUT2D eigenvalue weighted by molar-refractivity contribution is -0.125. The van der Waals surface area contributed by atoms with Crippen molar-refractivity contribution in [1.29, 1.82) is 0 Å². The number of halogens is 1. The van der Waals surface area contributed by atoms with Crippen molar-refractivity contribution < 1.29 is 9.18 Å². The Kier molecular flexibility index (Phi) is 5.04. The molecule has 5 nitrogen and oxygen atoms in total. The highest BCUT2D eigenvalue weighted by Gasteiger charge is 2.23. The van der Waals surface area contributed by atoms with Crippen molar-refractivity contribution in [3.8, 4) is 0 Å². The molecule has 0 bridgehead atoms. The summed E-state index contributed by atoms with van der Waals surface area (Å²) in [6.45, 7) is 2.35. The largest absolute Gasteiger partial charge is 0.350 e. The van der Waals surface area contributed by atoms with Crippen LogP contribution in [-0.4, -0.2) is 34.5 Å². The molecule has 1 amide bonds. The Morgan fingerprint density at radius 2 is 2.04 bits per heavy atom. The molecule has 0 saturated heterocycles. The van der Waals surface area contributed by atoms with Gasteiger partial charge in [0.15, 0.2) is 0 Å². The lowest BCUT2D eigenvalue weighted by Crippen LogP contribution is -2.36. The molecule has 0 saturated carbocycles. The maximum atomic E-state index is 13.5. The highest BCUT2D eigenvalue weighted by atomic mass is 19.1. The third-order valence-electron chi connectivity index (χ3n) is 4.56. The fraction of sp³-hybridized carbons (Fsp3) is 0.300. The molecule has 0 radical (unpaired) electrons. The lowest BCUT2D eigenvalue weighted by atomic mass is 10.0. The third kappa shape index (κ3) is 3.60. The molecule has 3 rings (SSSR count). The van der Waals surface area contributed by atoms with Gasteiger partial charge < -0.3 is 9.88 Å². The normalized spacial score (nSPS) is 12.5. The zero-order chi connectivity index (χ0) is 18.8. The predicted octanol–water partition coefficient (Wildman–Crippen LogP) is 2.94. The number of nitrogens with zero attached hydrogens (tertiary/aromatic N) is 3. The van der Waals surface area contributed by atoms with Gasteiger partial charge in [-0.3, -0.25) is 9.69 Å². The number of carbonyl (C=O) groups is 1. The van der Waals surface area contributed by atoms with E-state index in [-0.39, 0.29) is 11.7 Å². The fourth-order valence-corrected chi connectivity index (χ4v) is 3.12. The minimum absolute atomic E-state index is 0.169. The van der Waals surface area contributed by atoms with E-state index in [0.717, 1.165) is 22.4 Å². The molecule has 1 heterocycles. The summed E-state index contributed by atoms with van der Waals surface area (Å²) >= 11 is 0. The molecule has 0 aliphatic heterocycles. The Morgan fingerprint density at radius 1 is 1.27 bits per heavy atom. The molecular weight excluding hydrogens is 331 g/mol. The molecule has 1 aromatic heterocycles. The van der Waals surface area contributed by atoms with E-state index < -0.39 is 6.04 Å². The van der Waals surface area contributed by atoms with Crippen LogP contribution in [-0.2, 0) is 18.4 Å². The number of benzene rings is 2. The van der Waals surface area contributed by atoms with Gasteiger partial charge in [-0.25, -0.2) is 9.37 Å².